The Bertz CT molecular complexity index is 3250. The number of anilines is 5. The Morgan fingerprint density at radius 1 is 0.453 bits per heavy atom. The van der Waals surface area contributed by atoms with Crippen LogP contribution >= 0.6 is 0 Å². The second kappa shape index (κ2) is 20.1. The number of fused-ring (bicyclic) bond motifs is 1. The van der Waals surface area contributed by atoms with E-state index in [4.69, 9.17) is 28.7 Å². The quantitative estimate of drug-likeness (QED) is 0.0469. The van der Waals surface area contributed by atoms with Crippen molar-refractivity contribution < 1.29 is 90.2 Å². The van der Waals surface area contributed by atoms with Crippen molar-refractivity contribution >= 4 is 105 Å². The number of benzene rings is 7. The fourth-order valence-electron chi connectivity index (χ4n) is 5.87. The van der Waals surface area contributed by atoms with E-state index < -0.39 is 52.8 Å². The van der Waals surface area contributed by atoms with Gasteiger partial charge in [-0.25, -0.2) is 16.8 Å². The number of aromatic hydroxyl groups is 1. The average molecular weight is 916 g/mol. The molecule has 0 aliphatic rings. The molecule has 0 aromatic heterocycles. The molecule has 24 heteroatoms. The van der Waals surface area contributed by atoms with E-state index in [0.717, 1.165) is 17.7 Å². The van der Waals surface area contributed by atoms with Gasteiger partial charge in [-0.3, -0.25) is 0 Å². The molecule has 0 bridgehead atoms. The molecular weight excluding hydrogens is 885 g/mol. The van der Waals surface area contributed by atoms with Crippen molar-refractivity contribution in [3.05, 3.63) is 121 Å². The van der Waals surface area contributed by atoms with Gasteiger partial charge in [-0.05, 0) is 114 Å². The van der Waals surface area contributed by atoms with Crippen LogP contribution < -0.4 is 87.8 Å². The van der Waals surface area contributed by atoms with Crippen molar-refractivity contribution in [2.45, 2.75) is 9.79 Å². The Hall–Kier alpha value is -6.18. The first-order valence-electron chi connectivity index (χ1n) is 17.8. The predicted molar refractivity (Wildman–Crippen MR) is 232 cm³/mol. The summed E-state index contributed by atoms with van der Waals surface area (Å²) in [5.74, 6) is -0.954. The van der Waals surface area contributed by atoms with E-state index in [2.05, 4.69) is 40.9 Å². The summed E-state index contributed by atoms with van der Waals surface area (Å²) in [5, 5.41) is 43.2. The van der Waals surface area contributed by atoms with Gasteiger partial charge in [0.1, 0.15) is 43.0 Å². The number of azo groups is 4. The molecule has 0 fully saturated rings. The van der Waals surface area contributed by atoms with Crippen molar-refractivity contribution in [3.63, 3.8) is 0 Å². The summed E-state index contributed by atoms with van der Waals surface area (Å²) in [6.07, 6.45) is 0. The summed E-state index contributed by atoms with van der Waals surface area (Å²) in [6.45, 7) is 0. The van der Waals surface area contributed by atoms with Crippen LogP contribution in [0.25, 0.3) is 21.9 Å². The fourth-order valence-corrected chi connectivity index (χ4v) is 7.17. The molecule has 0 spiro atoms. The van der Waals surface area contributed by atoms with Gasteiger partial charge in [0, 0.05) is 11.4 Å². The molecular formula is C40H31N13Na2O7S2. The summed E-state index contributed by atoms with van der Waals surface area (Å²) in [5.41, 5.74) is 33.0. The van der Waals surface area contributed by atoms with E-state index in [-0.39, 0.29) is 86.9 Å². The maximum atomic E-state index is 12.4. The number of nitrogens with zero attached hydrogens (tertiary/aromatic N) is 8. The van der Waals surface area contributed by atoms with Gasteiger partial charge in [-0.2, -0.15) is 20.5 Å². The molecule has 0 heterocycles. The molecule has 0 aliphatic heterocycles. The zero-order valence-corrected chi connectivity index (χ0v) is 39.4. The summed E-state index contributed by atoms with van der Waals surface area (Å²) < 4.78 is 74.0. The van der Waals surface area contributed by atoms with E-state index in [9.17, 15) is 31.0 Å². The second-order valence-corrected chi connectivity index (χ2v) is 16.0. The third-order valence-electron chi connectivity index (χ3n) is 8.94. The zero-order chi connectivity index (χ0) is 44.3. The van der Waals surface area contributed by atoms with Crippen molar-refractivity contribution in [2.24, 2.45) is 40.9 Å². The molecule has 0 saturated heterocycles. The standard InChI is InChI=1S/C40H33N13O7S2.2Na/c41-24-6-12-27(13-7-24)46-50-32-20-33(31(44)19-30(32)43)51-49-29-3-1-2-22(16-29)21-4-10-26(11-5-21)47-52-38-34(61(55,56)57)17-23-18-35(62(58,59)60)39(40(54)36(23)37(38)45)53-48-28-14-8-25(42)9-15-28;;/h1-20,54H,41-45H2,(H,55,56,57)(H,58,59,60);;/q;2*+1/p-2. The first kappa shape index (κ1) is 48.8. The maximum Gasteiger partial charge on any atom is 1.00 e. The molecule has 0 amide bonds. The fraction of sp³-hybridized carbons (Fsp3) is 0. The van der Waals surface area contributed by atoms with Gasteiger partial charge in [0.25, 0.3) is 0 Å². The number of hydrogen-bond acceptors (Lipinski definition) is 20. The third kappa shape index (κ3) is 11.3. The molecule has 7 aromatic rings. The molecule has 20 nitrogen and oxygen atoms in total. The SMILES string of the molecule is Nc1ccc(N=Nc2cc(N=Nc3cccc(-c4ccc(N=Nc5c(S(=O)(=O)[O-])cc6cc(S(=O)(=O)[O-])c(N=Nc7ccc(N)cc7)c(O)c6c5N)cc4)c3)c(N)cc2N)cc1.[Na+].[Na+]. The number of rotatable bonds is 11. The minimum atomic E-state index is -5.35. The van der Waals surface area contributed by atoms with Crippen molar-refractivity contribution in [2.75, 3.05) is 28.7 Å². The Morgan fingerprint density at radius 2 is 0.891 bits per heavy atom. The largest absolute Gasteiger partial charge is 1.00 e. The summed E-state index contributed by atoms with van der Waals surface area (Å²) in [7, 11) is -10.7. The van der Waals surface area contributed by atoms with Crippen LogP contribution in [0.2, 0.25) is 0 Å². The molecule has 7 aromatic carbocycles. The van der Waals surface area contributed by atoms with E-state index in [1.165, 1.54) is 30.3 Å². The topological polar surface area (TPSA) is 364 Å². The second-order valence-electron chi connectivity index (χ2n) is 13.3. The molecule has 7 rings (SSSR count). The van der Waals surface area contributed by atoms with Crippen LogP contribution in [0.5, 0.6) is 5.75 Å². The van der Waals surface area contributed by atoms with Crippen LogP contribution in [0, 0.1) is 0 Å². The van der Waals surface area contributed by atoms with Crippen LogP contribution in [-0.4, -0.2) is 31.0 Å². The predicted octanol–water partition coefficient (Wildman–Crippen LogP) is 3.60. The van der Waals surface area contributed by atoms with Gasteiger partial charge >= 0.3 is 59.1 Å². The molecule has 0 saturated carbocycles. The van der Waals surface area contributed by atoms with E-state index in [0.29, 0.717) is 45.4 Å². The van der Waals surface area contributed by atoms with Crippen LogP contribution in [0.4, 0.5) is 73.9 Å². The van der Waals surface area contributed by atoms with Gasteiger partial charge in [-0.15, -0.1) is 20.5 Å². The van der Waals surface area contributed by atoms with E-state index >= 15 is 0 Å². The minimum Gasteiger partial charge on any atom is -0.744 e. The van der Waals surface area contributed by atoms with Gasteiger partial charge in [0.15, 0.2) is 5.75 Å². The molecule has 312 valence electrons. The Balaban J connectivity index is 0.00000385. The maximum absolute atomic E-state index is 12.4. The monoisotopic (exact) mass is 915 g/mol. The molecule has 0 radical (unpaired) electrons. The summed E-state index contributed by atoms with van der Waals surface area (Å²) in [6, 6.07) is 30.7. The molecule has 0 unspecified atom stereocenters. The first-order chi connectivity index (χ1) is 29.4. The van der Waals surface area contributed by atoms with Gasteiger partial charge < -0.3 is 42.9 Å². The smallest absolute Gasteiger partial charge is 0.744 e. The zero-order valence-electron chi connectivity index (χ0n) is 33.7. The summed E-state index contributed by atoms with van der Waals surface area (Å²) in [4.78, 5) is -2.06. The minimum absolute atomic E-state index is 0. The van der Waals surface area contributed by atoms with Crippen molar-refractivity contribution in [3.8, 4) is 16.9 Å². The number of nitrogen functional groups attached to an aromatic ring is 5. The van der Waals surface area contributed by atoms with Crippen LogP contribution in [0.3, 0.4) is 0 Å². The number of phenolic OH excluding ortho intramolecular Hbond substituents is 1. The first-order valence-corrected chi connectivity index (χ1v) is 20.6. The van der Waals surface area contributed by atoms with E-state index in [1.54, 1.807) is 72.8 Å². The third-order valence-corrected chi connectivity index (χ3v) is 10.6. The van der Waals surface area contributed by atoms with E-state index in [1.807, 2.05) is 6.07 Å². The van der Waals surface area contributed by atoms with Gasteiger partial charge in [0.05, 0.1) is 55.0 Å². The normalized spacial score (nSPS) is 12.0. The van der Waals surface area contributed by atoms with Crippen LogP contribution in [-0.2, 0) is 20.2 Å². The van der Waals surface area contributed by atoms with Crippen LogP contribution in [0.1, 0.15) is 0 Å². The molecule has 64 heavy (non-hydrogen) atoms. The Kier molecular flexibility index (Phi) is 15.4. The average Bonchev–Trinajstić information content (AvgIpc) is 3.23. The number of hydrogen-bond donors (Lipinski definition) is 6. The molecule has 0 aliphatic carbocycles. The van der Waals surface area contributed by atoms with Crippen LogP contribution in [0.15, 0.2) is 172 Å². The number of phenols is 1. The Morgan fingerprint density at radius 3 is 1.39 bits per heavy atom. The van der Waals surface area contributed by atoms with Crippen molar-refractivity contribution in [1.82, 2.24) is 0 Å². The van der Waals surface area contributed by atoms with Crippen molar-refractivity contribution in [1.29, 1.82) is 0 Å². The molecule has 11 N–H and O–H groups in total. The Labute approximate surface area is 409 Å². The number of nitrogens with two attached hydrogens (primary N) is 5. The van der Waals surface area contributed by atoms with Gasteiger partial charge in [0.2, 0.25) is 0 Å². The molecule has 0 atom stereocenters. The summed E-state index contributed by atoms with van der Waals surface area (Å²) >= 11 is 0. The van der Waals surface area contributed by atoms with Gasteiger partial charge in [-0.1, -0.05) is 24.3 Å².